The van der Waals surface area contributed by atoms with Gasteiger partial charge in [-0.15, -0.1) is 12.4 Å². The second kappa shape index (κ2) is 10.9. The quantitative estimate of drug-likeness (QED) is 0.775. The van der Waals surface area contributed by atoms with Crippen molar-refractivity contribution in [2.24, 2.45) is 5.73 Å². The van der Waals surface area contributed by atoms with Gasteiger partial charge in [-0.05, 0) is 42.8 Å². The number of hydrogen-bond donors (Lipinski definition) is 1. The Morgan fingerprint density at radius 1 is 1.08 bits per heavy atom. The van der Waals surface area contributed by atoms with Gasteiger partial charge in [-0.3, -0.25) is 4.79 Å². The van der Waals surface area contributed by atoms with Gasteiger partial charge < -0.3 is 15.4 Å². The van der Waals surface area contributed by atoms with E-state index in [9.17, 15) is 4.79 Å². The summed E-state index contributed by atoms with van der Waals surface area (Å²) in [4.78, 5) is 14.2. The summed E-state index contributed by atoms with van der Waals surface area (Å²) in [6.45, 7) is 1.73. The molecule has 0 saturated heterocycles. The number of halogens is 2. The third-order valence-corrected chi connectivity index (χ3v) is 3.63. The third kappa shape index (κ3) is 6.79. The molecule has 130 valence electrons. The van der Waals surface area contributed by atoms with E-state index in [1.165, 1.54) is 0 Å². The van der Waals surface area contributed by atoms with Crippen LogP contribution in [0, 0.1) is 0 Å². The number of nitrogens with two attached hydrogens (primary N) is 1. The molecule has 4 nitrogen and oxygen atoms in total. The molecule has 0 radical (unpaired) electrons. The van der Waals surface area contributed by atoms with Crippen LogP contribution in [-0.2, 0) is 11.3 Å². The van der Waals surface area contributed by atoms with Crippen LogP contribution >= 0.6 is 24.0 Å². The average Bonchev–Trinajstić information content (AvgIpc) is 2.58. The van der Waals surface area contributed by atoms with Crippen molar-refractivity contribution in [3.05, 3.63) is 65.2 Å². The van der Waals surface area contributed by atoms with Crippen LogP contribution in [0.5, 0.6) is 5.75 Å². The second-order valence-corrected chi connectivity index (χ2v) is 5.62. The van der Waals surface area contributed by atoms with Gasteiger partial charge >= 0.3 is 0 Å². The Hall–Kier alpha value is -1.75. The fourth-order valence-electron chi connectivity index (χ4n) is 2.15. The van der Waals surface area contributed by atoms with Crippen LogP contribution in [0.3, 0.4) is 0 Å². The molecule has 0 saturated carbocycles. The minimum Gasteiger partial charge on any atom is -0.484 e. The first-order valence-electron chi connectivity index (χ1n) is 7.59. The molecule has 0 spiro atoms. The Morgan fingerprint density at radius 2 is 1.75 bits per heavy atom. The zero-order chi connectivity index (χ0) is 16.5. The fraction of sp³-hybridized carbons (Fsp3) is 0.278. The molecule has 0 unspecified atom stereocenters. The average molecular weight is 369 g/mol. The van der Waals surface area contributed by atoms with Crippen LogP contribution in [-0.4, -0.2) is 30.5 Å². The van der Waals surface area contributed by atoms with Gasteiger partial charge in [0.05, 0.1) is 0 Å². The number of amides is 1. The van der Waals surface area contributed by atoms with Crippen molar-refractivity contribution < 1.29 is 9.53 Å². The minimum absolute atomic E-state index is 0. The van der Waals surface area contributed by atoms with E-state index < -0.39 is 0 Å². The molecule has 6 heteroatoms. The van der Waals surface area contributed by atoms with Crippen molar-refractivity contribution in [2.45, 2.75) is 13.0 Å². The predicted octanol–water partition coefficient (Wildman–Crippen LogP) is 3.52. The van der Waals surface area contributed by atoms with E-state index in [4.69, 9.17) is 22.1 Å². The molecule has 2 rings (SSSR count). The molecule has 2 N–H and O–H groups in total. The summed E-state index contributed by atoms with van der Waals surface area (Å²) < 4.78 is 5.54. The lowest BCUT2D eigenvalue weighted by atomic mass is 10.2. The first-order valence-corrected chi connectivity index (χ1v) is 7.97. The Labute approximate surface area is 154 Å². The first-order chi connectivity index (χ1) is 11.2. The van der Waals surface area contributed by atoms with Crippen LogP contribution < -0.4 is 10.5 Å². The van der Waals surface area contributed by atoms with Crippen molar-refractivity contribution in [3.8, 4) is 5.75 Å². The third-order valence-electron chi connectivity index (χ3n) is 3.38. The maximum atomic E-state index is 12.4. The molecule has 0 bridgehead atoms. The number of rotatable bonds is 8. The standard InChI is InChI=1S/C18H21ClN2O2.ClH/c19-16-7-9-17(10-8-16)23-14-18(22)21(12-4-11-20)13-15-5-2-1-3-6-15;/h1-3,5-10H,4,11-14,20H2;1H. The van der Waals surface area contributed by atoms with E-state index >= 15 is 0 Å². The number of benzene rings is 2. The Bertz CT molecular complexity index is 606. The zero-order valence-corrected chi connectivity index (χ0v) is 14.9. The van der Waals surface area contributed by atoms with Crippen LogP contribution in [0.15, 0.2) is 54.6 Å². The van der Waals surface area contributed by atoms with E-state index in [2.05, 4.69) is 0 Å². The Morgan fingerprint density at radius 3 is 2.38 bits per heavy atom. The van der Waals surface area contributed by atoms with E-state index in [-0.39, 0.29) is 24.9 Å². The molecular formula is C18H22Cl2N2O2. The van der Waals surface area contributed by atoms with Gasteiger partial charge in [-0.1, -0.05) is 41.9 Å². The van der Waals surface area contributed by atoms with E-state index in [1.807, 2.05) is 30.3 Å². The van der Waals surface area contributed by atoms with Gasteiger partial charge in [-0.25, -0.2) is 0 Å². The number of carbonyl (C=O) groups excluding carboxylic acids is 1. The van der Waals surface area contributed by atoms with Crippen molar-refractivity contribution in [3.63, 3.8) is 0 Å². The monoisotopic (exact) mass is 368 g/mol. The summed E-state index contributed by atoms with van der Waals surface area (Å²) in [5.74, 6) is 0.568. The van der Waals surface area contributed by atoms with Crippen LogP contribution in [0.25, 0.3) is 0 Å². The molecule has 0 heterocycles. The number of carbonyl (C=O) groups is 1. The molecule has 0 atom stereocenters. The second-order valence-electron chi connectivity index (χ2n) is 5.19. The van der Waals surface area contributed by atoms with Gasteiger partial charge in [0, 0.05) is 18.1 Å². The first kappa shape index (κ1) is 20.3. The lowest BCUT2D eigenvalue weighted by Crippen LogP contribution is -2.36. The van der Waals surface area contributed by atoms with E-state index in [1.54, 1.807) is 29.2 Å². The van der Waals surface area contributed by atoms with Crippen LogP contribution in [0.1, 0.15) is 12.0 Å². The van der Waals surface area contributed by atoms with Crippen molar-refractivity contribution in [1.82, 2.24) is 4.90 Å². The lowest BCUT2D eigenvalue weighted by molar-refractivity contribution is -0.134. The normalized spacial score (nSPS) is 9.92. The van der Waals surface area contributed by atoms with Crippen molar-refractivity contribution in [1.29, 1.82) is 0 Å². The molecule has 0 aliphatic heterocycles. The summed E-state index contributed by atoms with van der Waals surface area (Å²) >= 11 is 5.83. The maximum Gasteiger partial charge on any atom is 0.260 e. The highest BCUT2D eigenvalue weighted by molar-refractivity contribution is 6.30. The SMILES string of the molecule is Cl.NCCCN(Cc1ccccc1)C(=O)COc1ccc(Cl)cc1. The molecule has 0 aliphatic carbocycles. The van der Waals surface area contributed by atoms with Gasteiger partial charge in [-0.2, -0.15) is 0 Å². The van der Waals surface area contributed by atoms with E-state index in [0.717, 1.165) is 12.0 Å². The van der Waals surface area contributed by atoms with Crippen LogP contribution in [0.2, 0.25) is 5.02 Å². The predicted molar refractivity (Wildman–Crippen MR) is 99.7 cm³/mol. The number of ether oxygens (including phenoxy) is 1. The highest BCUT2D eigenvalue weighted by Crippen LogP contribution is 2.15. The molecular weight excluding hydrogens is 347 g/mol. The largest absolute Gasteiger partial charge is 0.484 e. The topological polar surface area (TPSA) is 55.6 Å². The van der Waals surface area contributed by atoms with Gasteiger partial charge in [0.25, 0.3) is 5.91 Å². The molecule has 2 aromatic carbocycles. The van der Waals surface area contributed by atoms with Crippen molar-refractivity contribution in [2.75, 3.05) is 19.7 Å². The molecule has 0 aliphatic rings. The molecule has 24 heavy (non-hydrogen) atoms. The maximum absolute atomic E-state index is 12.4. The van der Waals surface area contributed by atoms with Gasteiger partial charge in [0.15, 0.2) is 6.61 Å². The Balaban J connectivity index is 0.00000288. The zero-order valence-electron chi connectivity index (χ0n) is 13.4. The Kier molecular flexibility index (Phi) is 9.23. The summed E-state index contributed by atoms with van der Waals surface area (Å²) in [6, 6.07) is 16.9. The summed E-state index contributed by atoms with van der Waals surface area (Å²) in [5, 5.41) is 0.636. The molecule has 0 aromatic heterocycles. The van der Waals surface area contributed by atoms with Crippen LogP contribution in [0.4, 0.5) is 0 Å². The number of nitrogens with zero attached hydrogens (tertiary/aromatic N) is 1. The van der Waals surface area contributed by atoms with Gasteiger partial charge in [0.1, 0.15) is 5.75 Å². The van der Waals surface area contributed by atoms with E-state index in [0.29, 0.717) is 30.4 Å². The smallest absolute Gasteiger partial charge is 0.260 e. The van der Waals surface area contributed by atoms with Crippen molar-refractivity contribution >= 4 is 29.9 Å². The van der Waals surface area contributed by atoms with Gasteiger partial charge in [0.2, 0.25) is 0 Å². The molecule has 1 amide bonds. The summed E-state index contributed by atoms with van der Waals surface area (Å²) in [7, 11) is 0. The highest BCUT2D eigenvalue weighted by atomic mass is 35.5. The summed E-state index contributed by atoms with van der Waals surface area (Å²) in [6.07, 6.45) is 0.763. The highest BCUT2D eigenvalue weighted by Gasteiger charge is 2.14. The molecule has 2 aromatic rings. The summed E-state index contributed by atoms with van der Waals surface area (Å²) in [5.41, 5.74) is 6.66. The lowest BCUT2D eigenvalue weighted by Gasteiger charge is -2.22. The number of hydrogen-bond acceptors (Lipinski definition) is 3. The fourth-order valence-corrected chi connectivity index (χ4v) is 2.27. The molecule has 0 fully saturated rings. The minimum atomic E-state index is -0.0581.